The normalized spacial score (nSPS) is 11.5. The van der Waals surface area contributed by atoms with Gasteiger partial charge in [0.05, 0.1) is 10.6 Å². The molecule has 9 heteroatoms. The lowest BCUT2D eigenvalue weighted by Gasteiger charge is -2.05. The van der Waals surface area contributed by atoms with Gasteiger partial charge in [-0.1, -0.05) is 23.4 Å². The first-order valence-electron chi connectivity index (χ1n) is 5.88. The van der Waals surface area contributed by atoms with E-state index in [1.54, 1.807) is 12.1 Å². The molecule has 0 bridgehead atoms. The van der Waals surface area contributed by atoms with Crippen LogP contribution in [0.25, 0.3) is 0 Å². The van der Waals surface area contributed by atoms with Crippen molar-refractivity contribution in [2.75, 3.05) is 23.0 Å². The lowest BCUT2D eigenvalue weighted by atomic mass is 10.4. The van der Waals surface area contributed by atoms with Crippen molar-refractivity contribution in [3.05, 3.63) is 35.4 Å². The summed E-state index contributed by atoms with van der Waals surface area (Å²) >= 11 is 6.92. The summed E-state index contributed by atoms with van der Waals surface area (Å²) in [4.78, 5) is 8.19. The van der Waals surface area contributed by atoms with Crippen molar-refractivity contribution in [3.8, 4) is 0 Å². The van der Waals surface area contributed by atoms with E-state index >= 15 is 0 Å². The van der Waals surface area contributed by atoms with Crippen molar-refractivity contribution in [1.82, 2.24) is 9.97 Å². The number of hydrogen-bond acceptors (Lipinski definition) is 7. The lowest BCUT2D eigenvalue weighted by molar-refractivity contribution is 0.597. The second kappa shape index (κ2) is 6.50. The van der Waals surface area contributed by atoms with E-state index in [1.807, 2.05) is 0 Å². The predicted molar refractivity (Wildman–Crippen MR) is 85.1 cm³/mol. The number of anilines is 2. The molecule has 1 heterocycles. The van der Waals surface area contributed by atoms with E-state index in [9.17, 15) is 8.42 Å². The van der Waals surface area contributed by atoms with Crippen LogP contribution in [0, 0.1) is 0 Å². The number of nitrogens with two attached hydrogens (primary N) is 2. The highest BCUT2D eigenvalue weighted by Crippen LogP contribution is 2.20. The van der Waals surface area contributed by atoms with Crippen LogP contribution in [0.2, 0.25) is 5.02 Å². The molecule has 2 rings (SSSR count). The summed E-state index contributed by atoms with van der Waals surface area (Å²) in [7, 11) is -3.36. The fourth-order valence-corrected chi connectivity index (χ4v) is 4.17. The molecule has 4 N–H and O–H groups in total. The Bertz CT molecular complexity index is 715. The zero-order valence-corrected chi connectivity index (χ0v) is 13.2. The van der Waals surface area contributed by atoms with Crippen LogP contribution in [0.1, 0.15) is 0 Å². The molecule has 0 atom stereocenters. The zero-order valence-electron chi connectivity index (χ0n) is 10.9. The molecule has 6 nitrogen and oxygen atoms in total. The summed E-state index contributed by atoms with van der Waals surface area (Å²) in [6.07, 6.45) is 0. The third-order valence-electron chi connectivity index (χ3n) is 2.50. The van der Waals surface area contributed by atoms with Crippen molar-refractivity contribution in [1.29, 1.82) is 0 Å². The van der Waals surface area contributed by atoms with Gasteiger partial charge in [0.1, 0.15) is 11.6 Å². The van der Waals surface area contributed by atoms with Crippen molar-refractivity contribution in [2.24, 2.45) is 0 Å². The number of rotatable bonds is 5. The molecule has 1 aromatic carbocycles. The van der Waals surface area contributed by atoms with Crippen molar-refractivity contribution in [3.63, 3.8) is 0 Å². The molecule has 0 unspecified atom stereocenters. The predicted octanol–water partition coefficient (Wildman–Crippen LogP) is 1.86. The summed E-state index contributed by atoms with van der Waals surface area (Å²) in [5, 5.41) is 0.853. The minimum atomic E-state index is -3.36. The minimum absolute atomic E-state index is 0.0443. The summed E-state index contributed by atoms with van der Waals surface area (Å²) in [5.41, 5.74) is 11.1. The number of halogens is 1. The molecule has 0 saturated heterocycles. The Hall–Kier alpha value is -1.51. The highest BCUT2D eigenvalue weighted by atomic mass is 35.5. The first kappa shape index (κ1) is 15.9. The molecule has 0 aliphatic heterocycles. The second-order valence-electron chi connectivity index (χ2n) is 4.12. The standard InChI is InChI=1S/C12H13ClN4O2S2/c13-8-1-3-9(4-2-8)21(18,19)6-5-20-12-16-10(14)7-11(15)17-12/h1-4,7H,5-6H2,(H4,14,15,16,17). The van der Waals surface area contributed by atoms with E-state index in [0.717, 1.165) is 0 Å². The Morgan fingerprint density at radius 2 is 1.67 bits per heavy atom. The highest BCUT2D eigenvalue weighted by Gasteiger charge is 2.14. The summed E-state index contributed by atoms with van der Waals surface area (Å²) in [5.74, 6) is 0.765. The van der Waals surface area contributed by atoms with Crippen LogP contribution in [0.15, 0.2) is 40.4 Å². The minimum Gasteiger partial charge on any atom is -0.383 e. The van der Waals surface area contributed by atoms with Gasteiger partial charge in [0.2, 0.25) is 0 Å². The Morgan fingerprint density at radius 1 is 1.10 bits per heavy atom. The Balaban J connectivity index is 2.00. The fraction of sp³-hybridized carbons (Fsp3) is 0.167. The van der Waals surface area contributed by atoms with Gasteiger partial charge < -0.3 is 11.5 Å². The van der Waals surface area contributed by atoms with E-state index in [-0.39, 0.29) is 22.3 Å². The van der Waals surface area contributed by atoms with Crippen molar-refractivity contribution < 1.29 is 8.42 Å². The third kappa shape index (κ3) is 4.48. The molecule has 0 amide bonds. The first-order valence-corrected chi connectivity index (χ1v) is 8.89. The van der Waals surface area contributed by atoms with Crippen LogP contribution in [-0.2, 0) is 9.84 Å². The third-order valence-corrected chi connectivity index (χ3v) is 5.59. The molecular weight excluding hydrogens is 332 g/mol. The van der Waals surface area contributed by atoms with Gasteiger partial charge in [-0.2, -0.15) is 0 Å². The maximum atomic E-state index is 12.1. The van der Waals surface area contributed by atoms with Crippen LogP contribution in [-0.4, -0.2) is 29.9 Å². The van der Waals surface area contributed by atoms with Crippen LogP contribution < -0.4 is 11.5 Å². The topological polar surface area (TPSA) is 112 Å². The van der Waals surface area contributed by atoms with Crippen molar-refractivity contribution >= 4 is 44.8 Å². The molecule has 112 valence electrons. The van der Waals surface area contributed by atoms with E-state index < -0.39 is 9.84 Å². The number of thioether (sulfide) groups is 1. The molecule has 21 heavy (non-hydrogen) atoms. The maximum Gasteiger partial charge on any atom is 0.191 e. The van der Waals surface area contributed by atoms with Crippen LogP contribution >= 0.6 is 23.4 Å². The zero-order chi connectivity index (χ0) is 15.5. The second-order valence-corrected chi connectivity index (χ2v) is 7.73. The van der Waals surface area contributed by atoms with Gasteiger partial charge in [-0.25, -0.2) is 18.4 Å². The van der Waals surface area contributed by atoms with Gasteiger partial charge in [0, 0.05) is 16.8 Å². The average molecular weight is 345 g/mol. The van der Waals surface area contributed by atoms with Crippen LogP contribution in [0.4, 0.5) is 11.6 Å². The van der Waals surface area contributed by atoms with Crippen LogP contribution in [0.5, 0.6) is 0 Å². The Morgan fingerprint density at radius 3 is 2.24 bits per heavy atom. The number of aromatic nitrogens is 2. The molecule has 0 aliphatic rings. The van der Waals surface area contributed by atoms with Gasteiger partial charge in [-0.15, -0.1) is 0 Å². The SMILES string of the molecule is Nc1cc(N)nc(SCCS(=O)(=O)c2ccc(Cl)cc2)n1. The van der Waals surface area contributed by atoms with E-state index in [0.29, 0.717) is 15.9 Å². The number of nitrogen functional groups attached to an aromatic ring is 2. The number of benzene rings is 1. The molecular formula is C12H13ClN4O2S2. The fourth-order valence-electron chi connectivity index (χ4n) is 1.53. The maximum absolute atomic E-state index is 12.1. The number of nitrogens with zero attached hydrogens (tertiary/aromatic N) is 2. The number of sulfone groups is 1. The Kier molecular flexibility index (Phi) is 4.92. The number of hydrogen-bond donors (Lipinski definition) is 2. The van der Waals surface area contributed by atoms with E-state index in [4.69, 9.17) is 23.1 Å². The van der Waals surface area contributed by atoms with E-state index in [2.05, 4.69) is 9.97 Å². The van der Waals surface area contributed by atoms with Crippen LogP contribution in [0.3, 0.4) is 0 Å². The molecule has 1 aromatic heterocycles. The van der Waals surface area contributed by atoms with Crippen molar-refractivity contribution in [2.45, 2.75) is 10.1 Å². The monoisotopic (exact) mass is 344 g/mol. The smallest absolute Gasteiger partial charge is 0.191 e. The molecule has 0 spiro atoms. The molecule has 0 radical (unpaired) electrons. The highest BCUT2D eigenvalue weighted by molar-refractivity contribution is 8.00. The summed E-state index contributed by atoms with van der Waals surface area (Å²) < 4.78 is 24.2. The Labute approximate surface area is 131 Å². The molecule has 0 fully saturated rings. The quantitative estimate of drug-likeness (QED) is 0.628. The first-order chi connectivity index (χ1) is 9.87. The molecule has 2 aromatic rings. The summed E-state index contributed by atoms with van der Waals surface area (Å²) in [6, 6.07) is 7.50. The average Bonchev–Trinajstić information content (AvgIpc) is 2.37. The van der Waals surface area contributed by atoms with Gasteiger partial charge in [0.25, 0.3) is 0 Å². The van der Waals surface area contributed by atoms with Gasteiger partial charge >= 0.3 is 0 Å². The summed E-state index contributed by atoms with van der Waals surface area (Å²) in [6.45, 7) is 0. The van der Waals surface area contributed by atoms with Gasteiger partial charge in [0.15, 0.2) is 15.0 Å². The van der Waals surface area contributed by atoms with Gasteiger partial charge in [-0.05, 0) is 24.3 Å². The van der Waals surface area contributed by atoms with Gasteiger partial charge in [-0.3, -0.25) is 0 Å². The lowest BCUT2D eigenvalue weighted by Crippen LogP contribution is -2.09. The van der Waals surface area contributed by atoms with E-state index in [1.165, 1.54) is 30.0 Å². The molecule has 0 saturated carbocycles. The largest absolute Gasteiger partial charge is 0.383 e. The molecule has 0 aliphatic carbocycles.